The molecule has 0 N–H and O–H groups in total. The Morgan fingerprint density at radius 1 is 1.18 bits per heavy atom. The molecule has 0 aromatic rings. The predicted molar refractivity (Wildman–Crippen MR) is 66.5 cm³/mol. The molecule has 1 saturated carbocycles. The average Bonchev–Trinajstić information content (AvgIpc) is 2.37. The molecule has 0 bridgehead atoms. The summed E-state index contributed by atoms with van der Waals surface area (Å²) in [6, 6.07) is 0. The van der Waals surface area contributed by atoms with Crippen molar-refractivity contribution in [1.29, 1.82) is 0 Å². The van der Waals surface area contributed by atoms with Crippen LogP contribution in [-0.2, 0) is 14.3 Å². The third kappa shape index (κ3) is 3.83. The van der Waals surface area contributed by atoms with E-state index >= 15 is 0 Å². The number of ether oxygens (including phenoxy) is 1. The van der Waals surface area contributed by atoms with Gasteiger partial charge in [-0.15, -0.1) is 0 Å². The molecule has 98 valence electrons. The third-order valence-electron chi connectivity index (χ3n) is 3.87. The van der Waals surface area contributed by atoms with Gasteiger partial charge in [0, 0.05) is 5.92 Å². The van der Waals surface area contributed by atoms with Gasteiger partial charge >= 0.3 is 5.97 Å². The fraction of sp³-hybridized carbons (Fsp3) is 0.857. The van der Waals surface area contributed by atoms with Crippen LogP contribution in [0.25, 0.3) is 0 Å². The number of ketones is 1. The molecule has 2 atom stereocenters. The second-order valence-electron chi connectivity index (χ2n) is 5.06. The van der Waals surface area contributed by atoms with Crippen LogP contribution < -0.4 is 0 Å². The van der Waals surface area contributed by atoms with E-state index in [1.165, 1.54) is 19.3 Å². The lowest BCUT2D eigenvalue weighted by Gasteiger charge is -2.27. The molecule has 0 radical (unpaired) electrons. The molecule has 0 amide bonds. The maximum Gasteiger partial charge on any atom is 0.316 e. The smallest absolute Gasteiger partial charge is 0.316 e. The predicted octanol–water partition coefficient (Wildman–Crippen LogP) is 2.97. The summed E-state index contributed by atoms with van der Waals surface area (Å²) in [5.41, 5.74) is 0. The zero-order chi connectivity index (χ0) is 12.8. The standard InChI is InChI=1S/C14H24O3/c1-4-17-14(16)11(3)13(15)10(2)12-8-6-5-7-9-12/h10-12H,4-9H2,1-3H3. The van der Waals surface area contributed by atoms with Crippen molar-refractivity contribution in [2.45, 2.75) is 52.9 Å². The SMILES string of the molecule is CCOC(=O)C(C)C(=O)C(C)C1CCCCC1. The van der Waals surface area contributed by atoms with Crippen LogP contribution >= 0.6 is 0 Å². The molecule has 3 nitrogen and oxygen atoms in total. The normalized spacial score (nSPS) is 20.6. The first kappa shape index (κ1) is 14.2. The van der Waals surface area contributed by atoms with Crippen molar-refractivity contribution < 1.29 is 14.3 Å². The summed E-state index contributed by atoms with van der Waals surface area (Å²) in [6.45, 7) is 5.74. The minimum absolute atomic E-state index is 0.00490. The molecule has 0 aromatic heterocycles. The number of esters is 1. The minimum Gasteiger partial charge on any atom is -0.465 e. The maximum atomic E-state index is 12.2. The highest BCUT2D eigenvalue weighted by molar-refractivity contribution is 5.99. The lowest BCUT2D eigenvalue weighted by atomic mass is 9.77. The highest BCUT2D eigenvalue weighted by Crippen LogP contribution is 2.31. The van der Waals surface area contributed by atoms with Gasteiger partial charge in [0.05, 0.1) is 6.61 Å². The molecule has 0 aliphatic heterocycles. The molecular formula is C14H24O3. The van der Waals surface area contributed by atoms with Crippen LogP contribution in [0.15, 0.2) is 0 Å². The van der Waals surface area contributed by atoms with Gasteiger partial charge in [0.2, 0.25) is 0 Å². The molecule has 1 rings (SSSR count). The molecule has 0 heterocycles. The fourth-order valence-corrected chi connectivity index (χ4v) is 2.64. The fourth-order valence-electron chi connectivity index (χ4n) is 2.64. The second-order valence-corrected chi connectivity index (χ2v) is 5.06. The van der Waals surface area contributed by atoms with Gasteiger partial charge < -0.3 is 4.74 Å². The van der Waals surface area contributed by atoms with Crippen LogP contribution in [0.2, 0.25) is 0 Å². The van der Waals surface area contributed by atoms with Gasteiger partial charge in [-0.05, 0) is 32.6 Å². The summed E-state index contributed by atoms with van der Waals surface area (Å²) < 4.78 is 4.90. The first-order chi connectivity index (χ1) is 8.07. The Bertz CT molecular complexity index is 267. The molecule has 1 aliphatic carbocycles. The summed E-state index contributed by atoms with van der Waals surface area (Å²) >= 11 is 0. The minimum atomic E-state index is -0.605. The lowest BCUT2D eigenvalue weighted by Crippen LogP contribution is -2.32. The van der Waals surface area contributed by atoms with Crippen LogP contribution in [0.3, 0.4) is 0 Å². The molecule has 0 spiro atoms. The molecule has 17 heavy (non-hydrogen) atoms. The number of hydrogen-bond donors (Lipinski definition) is 0. The molecule has 3 heteroatoms. The Hall–Kier alpha value is -0.860. The Balaban J connectivity index is 2.52. The van der Waals surface area contributed by atoms with Crippen molar-refractivity contribution in [3.05, 3.63) is 0 Å². The number of Topliss-reactive ketones (excluding diaryl/α,β-unsaturated/α-hetero) is 1. The van der Waals surface area contributed by atoms with E-state index in [2.05, 4.69) is 0 Å². The van der Waals surface area contributed by atoms with Crippen molar-refractivity contribution in [1.82, 2.24) is 0 Å². The van der Waals surface area contributed by atoms with Crippen molar-refractivity contribution >= 4 is 11.8 Å². The van der Waals surface area contributed by atoms with Gasteiger partial charge in [0.1, 0.15) is 11.7 Å². The van der Waals surface area contributed by atoms with Gasteiger partial charge in [-0.25, -0.2) is 0 Å². The van der Waals surface area contributed by atoms with E-state index in [4.69, 9.17) is 4.74 Å². The van der Waals surface area contributed by atoms with Crippen LogP contribution in [0, 0.1) is 17.8 Å². The van der Waals surface area contributed by atoms with E-state index in [0.29, 0.717) is 12.5 Å². The van der Waals surface area contributed by atoms with E-state index in [1.54, 1.807) is 13.8 Å². The second kappa shape index (κ2) is 6.77. The zero-order valence-electron chi connectivity index (χ0n) is 11.2. The summed E-state index contributed by atoms with van der Waals surface area (Å²) in [7, 11) is 0. The summed E-state index contributed by atoms with van der Waals surface area (Å²) in [4.78, 5) is 23.7. The quantitative estimate of drug-likeness (QED) is 0.548. The Morgan fingerprint density at radius 2 is 1.76 bits per heavy atom. The summed E-state index contributed by atoms with van der Waals surface area (Å²) in [6.07, 6.45) is 5.97. The molecular weight excluding hydrogens is 216 g/mol. The van der Waals surface area contributed by atoms with Crippen molar-refractivity contribution in [2.24, 2.45) is 17.8 Å². The molecule has 1 fully saturated rings. The maximum absolute atomic E-state index is 12.2. The molecule has 1 aliphatic rings. The highest BCUT2D eigenvalue weighted by Gasteiger charge is 2.32. The number of hydrogen-bond acceptors (Lipinski definition) is 3. The van der Waals surface area contributed by atoms with Crippen LogP contribution in [0.1, 0.15) is 52.9 Å². The van der Waals surface area contributed by atoms with Crippen molar-refractivity contribution in [3.8, 4) is 0 Å². The van der Waals surface area contributed by atoms with E-state index in [-0.39, 0.29) is 17.7 Å². The molecule has 0 aromatic carbocycles. The average molecular weight is 240 g/mol. The lowest BCUT2D eigenvalue weighted by molar-refractivity contribution is -0.152. The van der Waals surface area contributed by atoms with Gasteiger partial charge in [-0.2, -0.15) is 0 Å². The zero-order valence-corrected chi connectivity index (χ0v) is 11.2. The topological polar surface area (TPSA) is 43.4 Å². The van der Waals surface area contributed by atoms with E-state index in [0.717, 1.165) is 12.8 Å². The number of carbonyl (C=O) groups excluding carboxylic acids is 2. The van der Waals surface area contributed by atoms with Gasteiger partial charge in [0.15, 0.2) is 0 Å². The van der Waals surface area contributed by atoms with Crippen molar-refractivity contribution in [2.75, 3.05) is 6.61 Å². The first-order valence-electron chi connectivity index (χ1n) is 6.78. The number of rotatable bonds is 5. The molecule has 0 saturated heterocycles. The van der Waals surface area contributed by atoms with Gasteiger partial charge in [-0.1, -0.05) is 26.2 Å². The van der Waals surface area contributed by atoms with Gasteiger partial charge in [-0.3, -0.25) is 9.59 Å². The largest absolute Gasteiger partial charge is 0.465 e. The van der Waals surface area contributed by atoms with Crippen molar-refractivity contribution in [3.63, 3.8) is 0 Å². The summed E-state index contributed by atoms with van der Waals surface area (Å²) in [5, 5.41) is 0. The van der Waals surface area contributed by atoms with E-state index < -0.39 is 5.92 Å². The Labute approximate surface area is 104 Å². The van der Waals surface area contributed by atoms with Crippen LogP contribution in [0.5, 0.6) is 0 Å². The number of carbonyl (C=O) groups is 2. The first-order valence-corrected chi connectivity index (χ1v) is 6.78. The van der Waals surface area contributed by atoms with E-state index in [1.807, 2.05) is 6.92 Å². The van der Waals surface area contributed by atoms with Gasteiger partial charge in [0.25, 0.3) is 0 Å². The van der Waals surface area contributed by atoms with Crippen LogP contribution in [0.4, 0.5) is 0 Å². The summed E-state index contributed by atoms with van der Waals surface area (Å²) in [5.74, 6) is -0.467. The molecule has 2 unspecified atom stereocenters. The Kier molecular flexibility index (Phi) is 5.66. The highest BCUT2D eigenvalue weighted by atomic mass is 16.5. The van der Waals surface area contributed by atoms with E-state index in [9.17, 15) is 9.59 Å². The third-order valence-corrected chi connectivity index (χ3v) is 3.87. The van der Waals surface area contributed by atoms with Crippen LogP contribution in [-0.4, -0.2) is 18.4 Å². The monoisotopic (exact) mass is 240 g/mol. The Morgan fingerprint density at radius 3 is 2.29 bits per heavy atom.